The van der Waals surface area contributed by atoms with Gasteiger partial charge in [-0.2, -0.15) is 22.0 Å². The van der Waals surface area contributed by atoms with Crippen molar-refractivity contribution in [3.8, 4) is 5.75 Å². The van der Waals surface area contributed by atoms with Gasteiger partial charge < -0.3 is 25.8 Å². The van der Waals surface area contributed by atoms with E-state index in [0.717, 1.165) is 5.32 Å². The number of benzene rings is 1. The number of sulfone groups is 1. The number of amides is 2. The van der Waals surface area contributed by atoms with Gasteiger partial charge in [-0.3, -0.25) is 9.59 Å². The lowest BCUT2D eigenvalue weighted by Crippen LogP contribution is -2.61. The van der Waals surface area contributed by atoms with E-state index >= 15 is 0 Å². The van der Waals surface area contributed by atoms with E-state index in [9.17, 15) is 45.1 Å². The van der Waals surface area contributed by atoms with Crippen molar-refractivity contribution in [2.75, 3.05) is 20.2 Å². The number of ether oxygens (including phenoxy) is 1. The second-order valence-electron chi connectivity index (χ2n) is 9.12. The molecular weight excluding hydrogens is 529 g/mol. The van der Waals surface area contributed by atoms with Gasteiger partial charge >= 0.3 is 12.1 Å². The third kappa shape index (κ3) is 8.23. The highest BCUT2D eigenvalue weighted by Crippen LogP contribution is 2.26. The number of aliphatic hydroxyl groups excluding tert-OH is 1. The first-order chi connectivity index (χ1) is 17.0. The molecule has 2 rings (SSSR count). The van der Waals surface area contributed by atoms with E-state index in [4.69, 9.17) is 4.74 Å². The number of halogens is 5. The number of rotatable bonds is 11. The highest BCUT2D eigenvalue weighted by molar-refractivity contribution is 7.91. The van der Waals surface area contributed by atoms with Gasteiger partial charge in [-0.25, -0.2) is 8.42 Å². The number of alkyl halides is 5. The van der Waals surface area contributed by atoms with Gasteiger partial charge in [0.1, 0.15) is 18.4 Å². The quantitative estimate of drug-likeness (QED) is 0.299. The standard InChI is InChI=1S/C22H30F5N3O6S/c1-12(2)17(18(31)22(26,27)20(33)29-11-21(23,24)25)30-19(32)16-8-15(9-28-16)37(34,35)10-13-4-6-14(36-3)7-5-13/h4-7,12,15-18,28,31H,8-11H2,1-3H3,(H,29,33)(H,30,32)/t15?,16?,17-,18+/m0/s1. The molecule has 0 spiro atoms. The van der Waals surface area contributed by atoms with Crippen LogP contribution in [0.3, 0.4) is 0 Å². The molecule has 0 saturated carbocycles. The van der Waals surface area contributed by atoms with Crippen LogP contribution in [0.2, 0.25) is 0 Å². The van der Waals surface area contributed by atoms with Gasteiger partial charge in [0.2, 0.25) is 5.91 Å². The van der Waals surface area contributed by atoms with Crippen molar-refractivity contribution < 1.29 is 49.8 Å². The Hall–Kier alpha value is -2.52. The van der Waals surface area contributed by atoms with E-state index in [1.54, 1.807) is 24.3 Å². The fourth-order valence-corrected chi connectivity index (χ4v) is 5.51. The summed E-state index contributed by atoms with van der Waals surface area (Å²) in [6, 6.07) is 3.55. The van der Waals surface area contributed by atoms with Gasteiger partial charge in [0.05, 0.1) is 30.2 Å². The molecule has 2 unspecified atom stereocenters. The summed E-state index contributed by atoms with van der Waals surface area (Å²) in [5, 5.41) is 15.1. The summed E-state index contributed by atoms with van der Waals surface area (Å²) in [5.41, 5.74) is 0.503. The number of methoxy groups -OCH3 is 1. The second kappa shape index (κ2) is 11.9. The Labute approximate surface area is 211 Å². The van der Waals surface area contributed by atoms with E-state index < -0.39 is 69.7 Å². The molecule has 1 heterocycles. The molecule has 1 aliphatic heterocycles. The van der Waals surface area contributed by atoms with Crippen LogP contribution >= 0.6 is 0 Å². The molecular formula is C22H30F5N3O6S. The molecule has 0 radical (unpaired) electrons. The normalized spacial score (nSPS) is 20.4. The fourth-order valence-electron chi connectivity index (χ4n) is 3.78. The van der Waals surface area contributed by atoms with Gasteiger partial charge in [-0.1, -0.05) is 26.0 Å². The average Bonchev–Trinajstić information content (AvgIpc) is 3.31. The smallest absolute Gasteiger partial charge is 0.405 e. The Bertz CT molecular complexity index is 1050. The van der Waals surface area contributed by atoms with Crippen LogP contribution in [0.25, 0.3) is 0 Å². The molecule has 0 aliphatic carbocycles. The third-order valence-corrected chi connectivity index (χ3v) is 8.04. The number of hydrogen-bond acceptors (Lipinski definition) is 7. The predicted molar refractivity (Wildman–Crippen MR) is 123 cm³/mol. The maximum atomic E-state index is 14.4. The van der Waals surface area contributed by atoms with Gasteiger partial charge in [0.25, 0.3) is 5.91 Å². The highest BCUT2D eigenvalue weighted by Gasteiger charge is 2.52. The zero-order valence-corrected chi connectivity index (χ0v) is 21.1. The molecule has 1 fully saturated rings. The SMILES string of the molecule is COc1ccc(CS(=O)(=O)C2CNC(C(=O)N[C@@H](C(C)C)[C@@H](O)C(F)(F)C(=O)NCC(F)(F)F)C2)cc1. The van der Waals surface area contributed by atoms with Crippen LogP contribution < -0.4 is 20.7 Å². The first kappa shape index (κ1) is 30.7. The molecule has 2 amide bonds. The van der Waals surface area contributed by atoms with Crippen molar-refractivity contribution >= 4 is 21.7 Å². The van der Waals surface area contributed by atoms with Gasteiger partial charge in [0, 0.05) is 6.54 Å². The van der Waals surface area contributed by atoms with Crippen LogP contribution in [0.5, 0.6) is 5.75 Å². The minimum Gasteiger partial charge on any atom is -0.497 e. The average molecular weight is 560 g/mol. The lowest BCUT2D eigenvalue weighted by atomic mass is 9.93. The molecule has 1 aliphatic rings. The molecule has 4 atom stereocenters. The Morgan fingerprint density at radius 1 is 1.16 bits per heavy atom. The zero-order chi connectivity index (χ0) is 28.2. The largest absolute Gasteiger partial charge is 0.497 e. The highest BCUT2D eigenvalue weighted by atomic mass is 32.2. The molecule has 1 aromatic rings. The van der Waals surface area contributed by atoms with Crippen molar-refractivity contribution in [1.29, 1.82) is 0 Å². The van der Waals surface area contributed by atoms with Crippen LogP contribution in [0.1, 0.15) is 25.8 Å². The third-order valence-electron chi connectivity index (χ3n) is 5.93. The monoisotopic (exact) mass is 559 g/mol. The van der Waals surface area contributed by atoms with Gasteiger partial charge in [-0.15, -0.1) is 0 Å². The van der Waals surface area contributed by atoms with Crippen molar-refractivity contribution in [2.45, 2.75) is 61.6 Å². The van der Waals surface area contributed by atoms with Crippen LogP contribution in [-0.2, 0) is 25.2 Å². The van der Waals surface area contributed by atoms with E-state index in [-0.39, 0.29) is 18.7 Å². The lowest BCUT2D eigenvalue weighted by Gasteiger charge is -2.32. The Morgan fingerprint density at radius 3 is 2.27 bits per heavy atom. The molecule has 0 bridgehead atoms. The Balaban J connectivity index is 2.04. The number of aliphatic hydroxyl groups is 1. The van der Waals surface area contributed by atoms with E-state index in [1.807, 2.05) is 0 Å². The Morgan fingerprint density at radius 2 is 1.76 bits per heavy atom. The minimum absolute atomic E-state index is 0.0819. The summed E-state index contributed by atoms with van der Waals surface area (Å²) in [7, 11) is -2.24. The van der Waals surface area contributed by atoms with Crippen molar-refractivity contribution in [3.63, 3.8) is 0 Å². The summed E-state index contributed by atoms with van der Waals surface area (Å²) in [4.78, 5) is 24.4. The van der Waals surface area contributed by atoms with Crippen molar-refractivity contribution in [3.05, 3.63) is 29.8 Å². The second-order valence-corrected chi connectivity index (χ2v) is 11.4. The molecule has 9 nitrogen and oxygen atoms in total. The summed E-state index contributed by atoms with van der Waals surface area (Å²) in [5.74, 6) is -8.51. The van der Waals surface area contributed by atoms with Crippen LogP contribution in [-0.4, -0.2) is 81.1 Å². The first-order valence-corrected chi connectivity index (χ1v) is 13.0. The molecule has 1 saturated heterocycles. The van der Waals surface area contributed by atoms with E-state index in [1.165, 1.54) is 21.0 Å². The summed E-state index contributed by atoms with van der Waals surface area (Å²) in [6.45, 7) is 0.594. The zero-order valence-electron chi connectivity index (χ0n) is 20.3. The molecule has 210 valence electrons. The lowest BCUT2D eigenvalue weighted by molar-refractivity contribution is -0.174. The van der Waals surface area contributed by atoms with Crippen molar-refractivity contribution in [2.24, 2.45) is 5.92 Å². The predicted octanol–water partition coefficient (Wildman–Crippen LogP) is 1.16. The summed E-state index contributed by atoms with van der Waals surface area (Å²) >= 11 is 0. The fraction of sp³-hybridized carbons (Fsp3) is 0.636. The molecule has 0 aromatic heterocycles. The van der Waals surface area contributed by atoms with Crippen LogP contribution in [0.15, 0.2) is 24.3 Å². The Kier molecular flexibility index (Phi) is 9.87. The van der Waals surface area contributed by atoms with Gasteiger partial charge in [-0.05, 0) is 30.0 Å². The van der Waals surface area contributed by atoms with E-state index in [2.05, 4.69) is 10.6 Å². The maximum absolute atomic E-state index is 14.4. The van der Waals surface area contributed by atoms with E-state index in [0.29, 0.717) is 11.3 Å². The number of carbonyl (C=O) groups excluding carboxylic acids is 2. The number of carbonyl (C=O) groups is 2. The first-order valence-electron chi connectivity index (χ1n) is 11.3. The van der Waals surface area contributed by atoms with Crippen molar-refractivity contribution in [1.82, 2.24) is 16.0 Å². The summed E-state index contributed by atoms with van der Waals surface area (Å²) < 4.78 is 96.3. The molecule has 15 heteroatoms. The number of nitrogens with one attached hydrogen (secondary N) is 3. The topological polar surface area (TPSA) is 134 Å². The minimum atomic E-state index is -4.94. The molecule has 1 aromatic carbocycles. The molecule has 4 N–H and O–H groups in total. The molecule has 37 heavy (non-hydrogen) atoms. The number of hydrogen-bond donors (Lipinski definition) is 4. The summed E-state index contributed by atoms with van der Waals surface area (Å²) in [6.07, 6.45) is -7.96. The van der Waals surface area contributed by atoms with Crippen LogP contribution in [0, 0.1) is 5.92 Å². The maximum Gasteiger partial charge on any atom is 0.405 e. The van der Waals surface area contributed by atoms with Gasteiger partial charge in [0.15, 0.2) is 9.84 Å². The van der Waals surface area contributed by atoms with Crippen LogP contribution in [0.4, 0.5) is 22.0 Å².